The van der Waals surface area contributed by atoms with Gasteiger partial charge in [0.15, 0.2) is 23.1 Å². The fourth-order valence-corrected chi connectivity index (χ4v) is 14.0. The van der Waals surface area contributed by atoms with Gasteiger partial charge in [-0.2, -0.15) is 0 Å². The van der Waals surface area contributed by atoms with Crippen LogP contribution in [0.25, 0.3) is 66.9 Å². The molecule has 0 fully saturated rings. The van der Waals surface area contributed by atoms with Crippen molar-refractivity contribution in [1.29, 1.82) is 0 Å². The lowest BCUT2D eigenvalue weighted by atomic mass is 9.95. The SMILES string of the molecule is C=CC(=O)c1ccc2c(c1)cc(OC)n2P(Oc1cc(C)c(C=C)cc1-c1cc(C=C)c(C)cc1OP(n1c(OC)cc2cc(C(=O)C=C)ccc21)n1c(OC)cc2cc(C(=O)C=C)ccc21)n1c(OC)cc2cc(C(=O)C=C)ccc21. The fraction of sp³-hybridized carbons (Fsp3) is 0.0909. The molecule has 0 radical (unpaired) electrons. The predicted octanol–water partition coefficient (Wildman–Crippen LogP) is 16.0. The van der Waals surface area contributed by atoms with Crippen molar-refractivity contribution >= 4 is 95.8 Å². The molecule has 0 aliphatic heterocycles. The third kappa shape index (κ3) is 9.71. The highest BCUT2D eigenvalue weighted by molar-refractivity contribution is 7.50. The number of allylic oxidation sites excluding steroid dienone is 4. The van der Waals surface area contributed by atoms with Gasteiger partial charge in [0.1, 0.15) is 11.5 Å². The number of hydrogen-bond acceptors (Lipinski definition) is 10. The molecule has 0 atom stereocenters. The summed E-state index contributed by atoms with van der Waals surface area (Å²) in [7, 11) is 1.90. The number of rotatable bonds is 23. The van der Waals surface area contributed by atoms with Gasteiger partial charge in [-0.05, 0) is 157 Å². The molecule has 0 spiro atoms. The summed E-state index contributed by atoms with van der Waals surface area (Å²) in [5.74, 6) is 1.50. The first-order chi connectivity index (χ1) is 39.6. The molecule has 0 saturated carbocycles. The molecule has 82 heavy (non-hydrogen) atoms. The lowest BCUT2D eigenvalue weighted by molar-refractivity contribution is 0.103. The molecule has 0 unspecified atom stereocenters. The molecule has 0 aliphatic carbocycles. The summed E-state index contributed by atoms with van der Waals surface area (Å²) < 4.78 is 47.9. The Morgan fingerprint density at radius 1 is 0.378 bits per heavy atom. The number of hydrogen-bond donors (Lipinski definition) is 0. The molecule has 0 saturated heterocycles. The Morgan fingerprint density at radius 3 is 0.854 bits per heavy atom. The normalized spacial score (nSPS) is 11.3. The van der Waals surface area contributed by atoms with Crippen LogP contribution in [-0.4, -0.2) is 68.9 Å². The Morgan fingerprint density at radius 2 is 0.634 bits per heavy atom. The summed E-state index contributed by atoms with van der Waals surface area (Å²) in [6.45, 7) is 27.2. The number of fused-ring (bicyclic) bond motifs is 4. The average Bonchev–Trinajstić information content (AvgIpc) is 3.79. The van der Waals surface area contributed by atoms with Gasteiger partial charge in [0, 0.05) is 79.2 Å². The van der Waals surface area contributed by atoms with Gasteiger partial charge in [0.05, 0.1) is 50.5 Å². The van der Waals surface area contributed by atoms with E-state index in [1.54, 1.807) is 89.1 Å². The number of methoxy groups -OCH3 is 4. The van der Waals surface area contributed by atoms with Gasteiger partial charge in [0.2, 0.25) is 23.5 Å². The zero-order valence-corrected chi connectivity index (χ0v) is 47.8. The predicted molar refractivity (Wildman–Crippen MR) is 330 cm³/mol. The van der Waals surface area contributed by atoms with Gasteiger partial charge in [0.25, 0.3) is 0 Å². The van der Waals surface area contributed by atoms with Crippen LogP contribution in [0.3, 0.4) is 0 Å². The summed E-state index contributed by atoms with van der Waals surface area (Å²) in [5, 5.41) is 2.78. The summed E-state index contributed by atoms with van der Waals surface area (Å²) in [6.07, 6.45) is 8.65. The molecule has 0 bridgehead atoms. The third-order valence-corrected chi connectivity index (χ3v) is 17.9. The highest BCUT2D eigenvalue weighted by Gasteiger charge is 2.34. The molecule has 10 rings (SSSR count). The van der Waals surface area contributed by atoms with Crippen molar-refractivity contribution in [1.82, 2.24) is 17.4 Å². The maximum Gasteiger partial charge on any atom is 0.324 e. The van der Waals surface area contributed by atoms with E-state index >= 15 is 0 Å². The Balaban J connectivity index is 1.26. The first-order valence-electron chi connectivity index (χ1n) is 25.6. The van der Waals surface area contributed by atoms with E-state index in [0.29, 0.717) is 112 Å². The van der Waals surface area contributed by atoms with Crippen molar-refractivity contribution in [3.63, 3.8) is 0 Å². The van der Waals surface area contributed by atoms with Crippen molar-refractivity contribution in [2.45, 2.75) is 13.8 Å². The highest BCUT2D eigenvalue weighted by atomic mass is 31.2. The molecule has 14 nitrogen and oxygen atoms in total. The van der Waals surface area contributed by atoms with Gasteiger partial charge in [-0.25, -0.2) is 17.4 Å². The average molecular weight is 1130 g/mol. The van der Waals surface area contributed by atoms with E-state index < -0.39 is 16.9 Å². The van der Waals surface area contributed by atoms with Crippen LogP contribution in [-0.2, 0) is 0 Å². The molecular weight excluding hydrogens is 1070 g/mol. The van der Waals surface area contributed by atoms with Crippen LogP contribution >= 0.6 is 16.9 Å². The van der Waals surface area contributed by atoms with E-state index in [4.69, 9.17) is 28.0 Å². The molecule has 0 N–H and O–H groups in total. The van der Waals surface area contributed by atoms with E-state index in [1.807, 2.05) is 104 Å². The summed E-state index contributed by atoms with van der Waals surface area (Å²) in [6, 6.07) is 36.8. The molecule has 0 amide bonds. The van der Waals surface area contributed by atoms with Crippen LogP contribution in [0.15, 0.2) is 185 Å². The lowest BCUT2D eigenvalue weighted by Gasteiger charge is -2.28. The number of benzene rings is 6. The molecule has 4 heterocycles. The van der Waals surface area contributed by atoms with Gasteiger partial charge in [-0.1, -0.05) is 51.6 Å². The summed E-state index contributed by atoms with van der Waals surface area (Å²) in [4.78, 5) is 52.1. The topological polar surface area (TPSA) is 143 Å². The van der Waals surface area contributed by atoms with Crippen LogP contribution in [0.2, 0.25) is 0 Å². The number of ether oxygens (including phenoxy) is 4. The smallest absolute Gasteiger partial charge is 0.324 e. The molecule has 6 aromatic carbocycles. The molecule has 16 heteroatoms. The van der Waals surface area contributed by atoms with Crippen LogP contribution in [0.1, 0.15) is 63.7 Å². The fourth-order valence-electron chi connectivity index (χ4n) is 10.0. The van der Waals surface area contributed by atoms with E-state index in [9.17, 15) is 19.2 Å². The number of aryl methyl sites for hydroxylation is 2. The van der Waals surface area contributed by atoms with Crippen molar-refractivity contribution in [3.05, 3.63) is 230 Å². The minimum atomic E-state index is -2.18. The van der Waals surface area contributed by atoms with E-state index in [1.165, 1.54) is 24.3 Å². The number of carbonyl (C=O) groups excluding carboxylic acids is 4. The molecule has 4 aromatic heterocycles. The number of nitrogens with zero attached hydrogens (tertiary/aromatic N) is 4. The molecule has 10 aromatic rings. The Hall–Kier alpha value is -9.74. The van der Waals surface area contributed by atoms with Gasteiger partial charge < -0.3 is 28.0 Å². The first kappa shape index (κ1) is 55.6. The van der Waals surface area contributed by atoms with Crippen LogP contribution in [0.4, 0.5) is 0 Å². The van der Waals surface area contributed by atoms with E-state index in [2.05, 4.69) is 39.5 Å². The second kappa shape index (κ2) is 22.8. The van der Waals surface area contributed by atoms with E-state index in [0.717, 1.165) is 22.3 Å². The quantitative estimate of drug-likeness (QED) is 0.0345. The van der Waals surface area contributed by atoms with Gasteiger partial charge in [-0.3, -0.25) is 19.2 Å². The summed E-state index contributed by atoms with van der Waals surface area (Å²) >= 11 is 0. The van der Waals surface area contributed by atoms with Crippen LogP contribution in [0.5, 0.6) is 35.0 Å². The van der Waals surface area contributed by atoms with Crippen LogP contribution in [0, 0.1) is 13.8 Å². The number of carbonyl (C=O) groups is 4. The minimum Gasteiger partial charge on any atom is -0.482 e. The molecule has 410 valence electrons. The monoisotopic (exact) mass is 1130 g/mol. The molecular formula is C66H56N4O10P2. The second-order valence-corrected chi connectivity index (χ2v) is 21.8. The van der Waals surface area contributed by atoms with Crippen molar-refractivity contribution in [2.24, 2.45) is 0 Å². The Labute approximate surface area is 476 Å². The zero-order chi connectivity index (χ0) is 58.3. The zero-order valence-electron chi connectivity index (χ0n) is 46.0. The summed E-state index contributed by atoms with van der Waals surface area (Å²) in [5.41, 5.74) is 8.94. The maximum absolute atomic E-state index is 13.0. The Kier molecular flexibility index (Phi) is 15.4. The second-order valence-electron chi connectivity index (χ2n) is 18.9. The number of aromatic nitrogens is 4. The Bertz CT molecular complexity index is 3890. The lowest BCUT2D eigenvalue weighted by Crippen LogP contribution is -2.11. The standard InChI is InChI=1S/C66H56N4O10P2/c1-13-41-33-51(61(27-39(41)7)79-81(67-53-23-19-43(57(71)15-3)29-47(53)35-63(67)75-9)68-54-24-20-44(58(72)16-4)30-48(54)36-64(68)76-10)52-34-42(14-2)40(8)28-62(52)80-82(69-55-25-21-45(59(73)17-5)31-49(55)37-65(69)77-11)70-56-26-22-46(60(74)18-6)32-50(56)38-66(70)78-12/h13-38H,1-6H2,7-12H3. The first-order valence-corrected chi connectivity index (χ1v) is 28.0. The van der Waals surface area contributed by atoms with Gasteiger partial charge >= 0.3 is 16.9 Å². The molecule has 0 aliphatic rings. The largest absolute Gasteiger partial charge is 0.482 e. The van der Waals surface area contributed by atoms with Gasteiger partial charge in [-0.15, -0.1) is 0 Å². The van der Waals surface area contributed by atoms with Crippen LogP contribution < -0.4 is 28.0 Å². The van der Waals surface area contributed by atoms with Crippen molar-refractivity contribution < 1.29 is 47.2 Å². The van der Waals surface area contributed by atoms with E-state index in [-0.39, 0.29) is 23.1 Å². The highest BCUT2D eigenvalue weighted by Crippen LogP contribution is 2.58. The van der Waals surface area contributed by atoms with Crippen molar-refractivity contribution in [2.75, 3.05) is 28.4 Å². The minimum absolute atomic E-state index is 0.244. The number of ketones is 4. The maximum atomic E-state index is 13.0. The third-order valence-electron chi connectivity index (χ3n) is 14.2. The van der Waals surface area contributed by atoms with Crippen molar-refractivity contribution in [3.8, 4) is 46.1 Å².